The summed E-state index contributed by atoms with van der Waals surface area (Å²) in [5.74, 6) is -0.520. The Labute approximate surface area is 135 Å². The lowest BCUT2D eigenvalue weighted by Gasteiger charge is -2.17. The van der Waals surface area contributed by atoms with Gasteiger partial charge in [-0.05, 0) is 25.0 Å². The molecule has 0 saturated heterocycles. The zero-order chi connectivity index (χ0) is 16.7. The van der Waals surface area contributed by atoms with Gasteiger partial charge in [0.15, 0.2) is 0 Å². The highest BCUT2D eigenvalue weighted by molar-refractivity contribution is 5.98. The summed E-state index contributed by atoms with van der Waals surface area (Å²) in [6, 6.07) is 7.26. The van der Waals surface area contributed by atoms with Crippen LogP contribution in [-0.2, 0) is 20.7 Å². The second-order valence-corrected chi connectivity index (χ2v) is 5.09. The minimum absolute atomic E-state index is 0.0838. The van der Waals surface area contributed by atoms with E-state index in [1.54, 1.807) is 11.8 Å². The zero-order valence-corrected chi connectivity index (χ0v) is 13.1. The second-order valence-electron chi connectivity index (χ2n) is 5.09. The molecule has 1 aromatic carbocycles. The molecule has 23 heavy (non-hydrogen) atoms. The maximum absolute atomic E-state index is 12.2. The van der Waals surface area contributed by atoms with E-state index in [0.717, 1.165) is 17.7 Å². The van der Waals surface area contributed by atoms with Gasteiger partial charge in [-0.3, -0.25) is 9.59 Å². The fraction of sp³-hybridized carbons (Fsp3) is 0.438. The van der Waals surface area contributed by atoms with Crippen LogP contribution >= 0.6 is 0 Å². The summed E-state index contributed by atoms with van der Waals surface area (Å²) in [4.78, 5) is 36.6. The number of anilines is 1. The van der Waals surface area contributed by atoms with E-state index in [9.17, 15) is 14.4 Å². The first-order valence-corrected chi connectivity index (χ1v) is 7.67. The van der Waals surface area contributed by atoms with E-state index in [0.29, 0.717) is 13.2 Å². The number of hydrogen-bond acceptors (Lipinski definition) is 4. The number of hydrogen-bond donors (Lipinski definition) is 2. The number of carbonyl (C=O) groups is 3. The van der Waals surface area contributed by atoms with Crippen molar-refractivity contribution in [3.8, 4) is 0 Å². The Balaban J connectivity index is 1.71. The number of para-hydroxylation sites is 1. The Hall–Kier alpha value is -2.57. The average molecular weight is 319 g/mol. The highest BCUT2D eigenvalue weighted by atomic mass is 16.5. The number of fused-ring (bicyclic) bond motifs is 1. The van der Waals surface area contributed by atoms with Crippen molar-refractivity contribution in [2.45, 2.75) is 19.8 Å². The normalized spacial score (nSPS) is 12.5. The predicted octanol–water partition coefficient (Wildman–Crippen LogP) is 0.828. The molecule has 2 rings (SSSR count). The lowest BCUT2D eigenvalue weighted by Crippen LogP contribution is -2.43. The van der Waals surface area contributed by atoms with Crippen LogP contribution < -0.4 is 15.5 Å². The molecule has 2 N–H and O–H groups in total. The maximum atomic E-state index is 12.2. The van der Waals surface area contributed by atoms with Crippen molar-refractivity contribution in [3.63, 3.8) is 0 Å². The maximum Gasteiger partial charge on any atom is 0.315 e. The first-order chi connectivity index (χ1) is 11.1. The molecule has 0 atom stereocenters. The van der Waals surface area contributed by atoms with Gasteiger partial charge in [-0.1, -0.05) is 18.2 Å². The van der Waals surface area contributed by atoms with E-state index in [2.05, 4.69) is 10.6 Å². The van der Waals surface area contributed by atoms with E-state index >= 15 is 0 Å². The molecule has 0 radical (unpaired) electrons. The molecule has 0 bridgehead atoms. The molecule has 0 unspecified atom stereocenters. The molecule has 1 aliphatic heterocycles. The molecule has 1 aromatic rings. The molecule has 0 spiro atoms. The fourth-order valence-electron chi connectivity index (χ4n) is 2.42. The van der Waals surface area contributed by atoms with E-state index in [4.69, 9.17) is 4.74 Å². The summed E-state index contributed by atoms with van der Waals surface area (Å²) < 4.78 is 4.75. The molecule has 7 heteroatoms. The highest BCUT2D eigenvalue weighted by Crippen LogP contribution is 2.27. The summed E-state index contributed by atoms with van der Waals surface area (Å²) in [5, 5.41) is 5.02. The van der Waals surface area contributed by atoms with Crippen molar-refractivity contribution in [1.29, 1.82) is 0 Å². The van der Waals surface area contributed by atoms with Gasteiger partial charge in [0.2, 0.25) is 5.91 Å². The van der Waals surface area contributed by atoms with Gasteiger partial charge in [-0.25, -0.2) is 4.79 Å². The Kier molecular flexibility index (Phi) is 5.96. The van der Waals surface area contributed by atoms with Crippen molar-refractivity contribution in [2.24, 2.45) is 0 Å². The number of rotatable bonds is 6. The highest BCUT2D eigenvalue weighted by Gasteiger charge is 2.23. The first kappa shape index (κ1) is 16.8. The second kappa shape index (κ2) is 8.17. The predicted molar refractivity (Wildman–Crippen MR) is 85.2 cm³/mol. The minimum Gasteiger partial charge on any atom is -0.466 e. The molecule has 3 amide bonds. The van der Waals surface area contributed by atoms with Crippen LogP contribution in [0.25, 0.3) is 0 Å². The van der Waals surface area contributed by atoms with Gasteiger partial charge in [0.1, 0.15) is 0 Å². The van der Waals surface area contributed by atoms with Crippen molar-refractivity contribution in [3.05, 3.63) is 29.8 Å². The summed E-state index contributed by atoms with van der Waals surface area (Å²) in [6.45, 7) is 2.76. The average Bonchev–Trinajstić information content (AvgIpc) is 2.97. The van der Waals surface area contributed by atoms with Gasteiger partial charge < -0.3 is 20.3 Å². The van der Waals surface area contributed by atoms with Gasteiger partial charge in [0, 0.05) is 18.8 Å². The number of amides is 3. The molecule has 0 fully saturated rings. The minimum atomic E-state index is -0.477. The van der Waals surface area contributed by atoms with Crippen molar-refractivity contribution in [1.82, 2.24) is 10.6 Å². The first-order valence-electron chi connectivity index (χ1n) is 7.67. The number of ether oxygens (including phenoxy) is 1. The Bertz CT molecular complexity index is 588. The van der Waals surface area contributed by atoms with Crippen LogP contribution in [0, 0.1) is 0 Å². The monoisotopic (exact) mass is 319 g/mol. The van der Waals surface area contributed by atoms with Gasteiger partial charge in [-0.15, -0.1) is 0 Å². The quantitative estimate of drug-likeness (QED) is 0.760. The Morgan fingerprint density at radius 2 is 2.00 bits per heavy atom. The van der Waals surface area contributed by atoms with Crippen LogP contribution in [0.1, 0.15) is 18.9 Å². The van der Waals surface area contributed by atoms with E-state index in [1.807, 2.05) is 24.3 Å². The molecule has 0 saturated carbocycles. The Morgan fingerprint density at radius 3 is 2.78 bits per heavy atom. The number of benzene rings is 1. The smallest absolute Gasteiger partial charge is 0.315 e. The van der Waals surface area contributed by atoms with Gasteiger partial charge in [0.05, 0.1) is 19.6 Å². The van der Waals surface area contributed by atoms with E-state index < -0.39 is 6.03 Å². The van der Waals surface area contributed by atoms with Gasteiger partial charge in [0.25, 0.3) is 0 Å². The molecule has 1 heterocycles. The largest absolute Gasteiger partial charge is 0.466 e. The molecular weight excluding hydrogens is 298 g/mol. The number of esters is 1. The van der Waals surface area contributed by atoms with Crippen LogP contribution in [-0.4, -0.2) is 44.1 Å². The molecule has 0 aliphatic carbocycles. The summed E-state index contributed by atoms with van der Waals surface area (Å²) in [7, 11) is 0. The molecule has 1 aliphatic rings. The third-order valence-corrected chi connectivity index (χ3v) is 3.51. The number of nitrogens with one attached hydrogen (secondary N) is 2. The van der Waals surface area contributed by atoms with Crippen LogP contribution in [0.2, 0.25) is 0 Å². The van der Waals surface area contributed by atoms with Crippen LogP contribution in [0.5, 0.6) is 0 Å². The topological polar surface area (TPSA) is 87.7 Å². The van der Waals surface area contributed by atoms with E-state index in [1.165, 1.54) is 0 Å². The lowest BCUT2D eigenvalue weighted by molar-refractivity contribution is -0.142. The van der Waals surface area contributed by atoms with Crippen LogP contribution in [0.15, 0.2) is 24.3 Å². The SMILES string of the molecule is CCOC(=O)CCNC(=O)NCC(=O)N1CCc2ccccc21. The molecular formula is C16H21N3O4. The van der Waals surface area contributed by atoms with Crippen LogP contribution in [0.3, 0.4) is 0 Å². The number of nitrogens with zero attached hydrogens (tertiary/aromatic N) is 1. The summed E-state index contributed by atoms with van der Waals surface area (Å²) in [5.41, 5.74) is 2.04. The van der Waals surface area contributed by atoms with Crippen molar-refractivity contribution < 1.29 is 19.1 Å². The lowest BCUT2D eigenvalue weighted by atomic mass is 10.2. The van der Waals surface area contributed by atoms with Gasteiger partial charge in [-0.2, -0.15) is 0 Å². The fourth-order valence-corrected chi connectivity index (χ4v) is 2.42. The molecule has 124 valence electrons. The van der Waals surface area contributed by atoms with Crippen LogP contribution in [0.4, 0.5) is 10.5 Å². The summed E-state index contributed by atoms with van der Waals surface area (Å²) in [6.07, 6.45) is 0.933. The zero-order valence-electron chi connectivity index (χ0n) is 13.1. The standard InChI is InChI=1S/C16H21N3O4/c1-2-23-15(21)7-9-17-16(22)18-11-14(20)19-10-8-12-5-3-4-6-13(12)19/h3-6H,2,7-11H2,1H3,(H2,17,18,22). The number of carbonyl (C=O) groups excluding carboxylic acids is 3. The molecule has 7 nitrogen and oxygen atoms in total. The van der Waals surface area contributed by atoms with Crippen molar-refractivity contribution in [2.75, 3.05) is 31.1 Å². The molecule has 0 aromatic heterocycles. The summed E-state index contributed by atoms with van der Waals surface area (Å²) >= 11 is 0. The number of urea groups is 1. The van der Waals surface area contributed by atoms with Gasteiger partial charge >= 0.3 is 12.0 Å². The van der Waals surface area contributed by atoms with Crippen molar-refractivity contribution >= 4 is 23.6 Å². The Morgan fingerprint density at radius 1 is 1.22 bits per heavy atom. The third-order valence-electron chi connectivity index (χ3n) is 3.51. The third kappa shape index (κ3) is 4.70. The van der Waals surface area contributed by atoms with E-state index in [-0.39, 0.29) is 31.4 Å².